The topological polar surface area (TPSA) is 68.0 Å². The monoisotopic (exact) mass is 343 g/mol. The summed E-state index contributed by atoms with van der Waals surface area (Å²) in [6, 6.07) is 14.7. The van der Waals surface area contributed by atoms with Crippen LogP contribution in [0.4, 0.5) is 5.13 Å². The van der Waals surface area contributed by atoms with E-state index in [1.807, 2.05) is 41.8 Å². The fourth-order valence-electron chi connectivity index (χ4n) is 2.12. The van der Waals surface area contributed by atoms with Crippen LogP contribution in [0.25, 0.3) is 11.3 Å². The predicted molar refractivity (Wildman–Crippen MR) is 94.8 cm³/mol. The van der Waals surface area contributed by atoms with Crippen LogP contribution in [0.2, 0.25) is 5.02 Å². The van der Waals surface area contributed by atoms with Crippen molar-refractivity contribution >= 4 is 34.0 Å². The molecule has 3 rings (SSSR count). The minimum absolute atomic E-state index is 0.202. The number of hydrogen-bond acceptors (Lipinski definition) is 4. The SMILES string of the molecule is NCc1cccc(C(=O)Nc2nc(-c3cccc(Cl)c3)cs2)c1. The predicted octanol–water partition coefficient (Wildman–Crippen LogP) is 4.17. The number of benzene rings is 2. The molecule has 0 spiro atoms. The standard InChI is InChI=1S/C17H14ClN3OS/c18-14-6-2-4-12(8-14)15-10-23-17(20-15)21-16(22)13-5-1-3-11(7-13)9-19/h1-8,10H,9,19H2,(H,20,21,22). The molecule has 4 nitrogen and oxygen atoms in total. The number of hydrogen-bond donors (Lipinski definition) is 2. The Balaban J connectivity index is 1.77. The molecule has 3 aromatic rings. The molecule has 6 heteroatoms. The molecule has 0 aliphatic rings. The summed E-state index contributed by atoms with van der Waals surface area (Å²) >= 11 is 7.36. The molecular weight excluding hydrogens is 330 g/mol. The van der Waals surface area contributed by atoms with Crippen LogP contribution in [0.15, 0.2) is 53.9 Å². The Kier molecular flexibility index (Phi) is 4.71. The van der Waals surface area contributed by atoms with Crippen molar-refractivity contribution in [3.8, 4) is 11.3 Å². The lowest BCUT2D eigenvalue weighted by atomic mass is 10.1. The number of amides is 1. The first kappa shape index (κ1) is 15.7. The number of nitrogens with two attached hydrogens (primary N) is 1. The first-order chi connectivity index (χ1) is 11.2. The molecule has 0 bridgehead atoms. The van der Waals surface area contributed by atoms with Gasteiger partial charge in [-0.1, -0.05) is 35.9 Å². The van der Waals surface area contributed by atoms with Gasteiger partial charge in [0.15, 0.2) is 5.13 Å². The van der Waals surface area contributed by atoms with E-state index in [-0.39, 0.29) is 5.91 Å². The van der Waals surface area contributed by atoms with E-state index in [1.165, 1.54) is 11.3 Å². The molecule has 2 aromatic carbocycles. The van der Waals surface area contributed by atoms with E-state index in [1.54, 1.807) is 12.1 Å². The van der Waals surface area contributed by atoms with E-state index in [9.17, 15) is 4.79 Å². The Labute approximate surface area is 142 Å². The lowest BCUT2D eigenvalue weighted by molar-refractivity contribution is 0.102. The maximum atomic E-state index is 12.3. The Bertz CT molecular complexity index is 847. The van der Waals surface area contributed by atoms with Crippen LogP contribution in [0.1, 0.15) is 15.9 Å². The zero-order valence-electron chi connectivity index (χ0n) is 12.1. The first-order valence-corrected chi connectivity index (χ1v) is 8.23. The minimum Gasteiger partial charge on any atom is -0.326 e. The van der Waals surface area contributed by atoms with E-state index in [2.05, 4.69) is 10.3 Å². The molecule has 0 saturated heterocycles. The van der Waals surface area contributed by atoms with Crippen LogP contribution in [0.5, 0.6) is 0 Å². The van der Waals surface area contributed by atoms with Crippen molar-refractivity contribution in [3.05, 3.63) is 70.1 Å². The highest BCUT2D eigenvalue weighted by atomic mass is 35.5. The highest BCUT2D eigenvalue weighted by molar-refractivity contribution is 7.14. The van der Waals surface area contributed by atoms with Crippen molar-refractivity contribution in [2.75, 3.05) is 5.32 Å². The number of nitrogens with one attached hydrogen (secondary N) is 1. The zero-order valence-corrected chi connectivity index (χ0v) is 13.7. The van der Waals surface area contributed by atoms with Gasteiger partial charge < -0.3 is 5.73 Å². The largest absolute Gasteiger partial charge is 0.326 e. The molecule has 116 valence electrons. The van der Waals surface area contributed by atoms with Crippen molar-refractivity contribution in [2.24, 2.45) is 5.73 Å². The first-order valence-electron chi connectivity index (χ1n) is 6.97. The number of anilines is 1. The number of carbonyl (C=O) groups excluding carboxylic acids is 1. The van der Waals surface area contributed by atoms with Crippen molar-refractivity contribution in [1.82, 2.24) is 4.98 Å². The molecule has 0 aliphatic carbocycles. The Morgan fingerprint density at radius 3 is 2.83 bits per heavy atom. The van der Waals surface area contributed by atoms with Gasteiger partial charge in [0, 0.05) is 28.1 Å². The van der Waals surface area contributed by atoms with Crippen LogP contribution in [0, 0.1) is 0 Å². The van der Waals surface area contributed by atoms with Crippen LogP contribution in [-0.2, 0) is 6.54 Å². The molecule has 0 atom stereocenters. The normalized spacial score (nSPS) is 10.5. The van der Waals surface area contributed by atoms with Gasteiger partial charge in [0.2, 0.25) is 0 Å². The minimum atomic E-state index is -0.202. The summed E-state index contributed by atoms with van der Waals surface area (Å²) in [5.74, 6) is -0.202. The third-order valence-corrected chi connectivity index (χ3v) is 4.26. The van der Waals surface area contributed by atoms with Gasteiger partial charge in [-0.05, 0) is 29.8 Å². The molecule has 0 aliphatic heterocycles. The maximum Gasteiger partial charge on any atom is 0.257 e. The van der Waals surface area contributed by atoms with E-state index in [4.69, 9.17) is 17.3 Å². The van der Waals surface area contributed by atoms with Gasteiger partial charge in [0.1, 0.15) is 0 Å². The quantitative estimate of drug-likeness (QED) is 0.746. The van der Waals surface area contributed by atoms with Crippen molar-refractivity contribution in [2.45, 2.75) is 6.54 Å². The summed E-state index contributed by atoms with van der Waals surface area (Å²) in [6.45, 7) is 0.400. The van der Waals surface area contributed by atoms with E-state index < -0.39 is 0 Å². The summed E-state index contributed by atoms with van der Waals surface area (Å²) < 4.78 is 0. The highest BCUT2D eigenvalue weighted by Gasteiger charge is 2.10. The molecule has 0 radical (unpaired) electrons. The van der Waals surface area contributed by atoms with E-state index >= 15 is 0 Å². The molecule has 1 amide bonds. The van der Waals surface area contributed by atoms with Gasteiger partial charge in [-0.2, -0.15) is 0 Å². The van der Waals surface area contributed by atoms with Gasteiger partial charge in [0.05, 0.1) is 5.69 Å². The molecule has 1 aromatic heterocycles. The second-order valence-corrected chi connectivity index (χ2v) is 6.20. The Hall–Kier alpha value is -2.21. The summed E-state index contributed by atoms with van der Waals surface area (Å²) in [7, 11) is 0. The number of nitrogens with zero attached hydrogens (tertiary/aromatic N) is 1. The lowest BCUT2D eigenvalue weighted by Crippen LogP contribution is -2.12. The summed E-state index contributed by atoms with van der Waals surface area (Å²) in [4.78, 5) is 16.7. The second-order valence-electron chi connectivity index (χ2n) is 4.91. The molecule has 0 fully saturated rings. The summed E-state index contributed by atoms with van der Waals surface area (Å²) in [6.07, 6.45) is 0. The highest BCUT2D eigenvalue weighted by Crippen LogP contribution is 2.27. The van der Waals surface area contributed by atoms with Gasteiger partial charge >= 0.3 is 0 Å². The molecular formula is C17H14ClN3OS. The van der Waals surface area contributed by atoms with Crippen LogP contribution >= 0.6 is 22.9 Å². The summed E-state index contributed by atoms with van der Waals surface area (Å²) in [5, 5.41) is 5.89. The van der Waals surface area contributed by atoms with Crippen LogP contribution < -0.4 is 11.1 Å². The fourth-order valence-corrected chi connectivity index (χ4v) is 3.03. The number of rotatable bonds is 4. The van der Waals surface area contributed by atoms with Crippen molar-refractivity contribution in [1.29, 1.82) is 0 Å². The van der Waals surface area contributed by atoms with Crippen LogP contribution in [0.3, 0.4) is 0 Å². The zero-order chi connectivity index (χ0) is 16.2. The number of thiazole rings is 1. The lowest BCUT2D eigenvalue weighted by Gasteiger charge is -2.03. The Morgan fingerprint density at radius 2 is 2.04 bits per heavy atom. The molecule has 0 unspecified atom stereocenters. The van der Waals surface area contributed by atoms with Gasteiger partial charge in [-0.3, -0.25) is 10.1 Å². The summed E-state index contributed by atoms with van der Waals surface area (Å²) in [5.41, 5.74) is 8.77. The molecule has 0 saturated carbocycles. The molecule has 1 heterocycles. The maximum absolute atomic E-state index is 12.3. The van der Waals surface area contributed by atoms with Crippen molar-refractivity contribution in [3.63, 3.8) is 0 Å². The number of halogens is 1. The average Bonchev–Trinajstić information content (AvgIpc) is 3.03. The second kappa shape index (κ2) is 6.91. The molecule has 23 heavy (non-hydrogen) atoms. The van der Waals surface area contributed by atoms with Gasteiger partial charge in [-0.25, -0.2) is 4.98 Å². The van der Waals surface area contributed by atoms with E-state index in [0.29, 0.717) is 22.3 Å². The third-order valence-electron chi connectivity index (χ3n) is 3.27. The van der Waals surface area contributed by atoms with Gasteiger partial charge in [-0.15, -0.1) is 11.3 Å². The third kappa shape index (κ3) is 3.76. The molecule has 3 N–H and O–H groups in total. The van der Waals surface area contributed by atoms with E-state index in [0.717, 1.165) is 16.8 Å². The number of aromatic nitrogens is 1. The van der Waals surface area contributed by atoms with Crippen molar-refractivity contribution < 1.29 is 4.79 Å². The average molecular weight is 344 g/mol. The Morgan fingerprint density at radius 1 is 1.22 bits per heavy atom. The smallest absolute Gasteiger partial charge is 0.257 e. The van der Waals surface area contributed by atoms with Gasteiger partial charge in [0.25, 0.3) is 5.91 Å². The van der Waals surface area contributed by atoms with Crippen LogP contribution in [-0.4, -0.2) is 10.9 Å². The fraction of sp³-hybridized carbons (Fsp3) is 0.0588. The number of carbonyl (C=O) groups is 1.